The number of carbonyl (C=O) groups is 1. The highest BCUT2D eigenvalue weighted by Crippen LogP contribution is 2.28. The Bertz CT molecular complexity index is 1300. The normalized spacial score (nSPS) is 11.2. The average Bonchev–Trinajstić information content (AvgIpc) is 3.34. The Labute approximate surface area is 204 Å². The molecular formula is C26H31N7O2. The van der Waals surface area contributed by atoms with Gasteiger partial charge in [-0.15, -0.1) is 0 Å². The Kier molecular flexibility index (Phi) is 7.57. The molecule has 0 radical (unpaired) electrons. The second-order valence-corrected chi connectivity index (χ2v) is 8.23. The molecule has 2 aromatic heterocycles. The highest BCUT2D eigenvalue weighted by molar-refractivity contribution is 5.94. The number of phenols is 1. The van der Waals surface area contributed by atoms with Crippen molar-refractivity contribution in [3.63, 3.8) is 0 Å². The molecule has 0 aliphatic heterocycles. The van der Waals surface area contributed by atoms with Crippen LogP contribution in [-0.2, 0) is 6.42 Å². The van der Waals surface area contributed by atoms with Gasteiger partial charge in [0.1, 0.15) is 17.9 Å². The molecule has 0 unspecified atom stereocenters. The van der Waals surface area contributed by atoms with Gasteiger partial charge in [0, 0.05) is 36.0 Å². The van der Waals surface area contributed by atoms with E-state index in [1.165, 1.54) is 6.33 Å². The first-order valence-electron chi connectivity index (χ1n) is 11.9. The van der Waals surface area contributed by atoms with Gasteiger partial charge in [-0.3, -0.25) is 4.79 Å². The maximum Gasteiger partial charge on any atom is 0.254 e. The number of fused-ring (bicyclic) bond motifs is 1. The number of carbonyl (C=O) groups excluding carboxylic acids is 1. The summed E-state index contributed by atoms with van der Waals surface area (Å²) < 4.78 is 1.64. The second kappa shape index (κ2) is 11.0. The third-order valence-corrected chi connectivity index (χ3v) is 5.96. The fraction of sp³-hybridized carbons (Fsp3) is 0.308. The standard InChI is InChI=1S/C26H31N7O2/c1-4-18-13-20(15-22(34)14-18)23-16-24(31-26-28-17-29-33(23)26)30-21-9-7-19(8-10-21)25(35)27-11-12-32(5-2)6-3/h7-10,13-17,34H,4-6,11-12H2,1-3H3,(H,27,35)(H,28,29,30,31). The molecule has 0 bridgehead atoms. The van der Waals surface area contributed by atoms with E-state index in [9.17, 15) is 9.90 Å². The molecule has 0 aliphatic rings. The molecule has 0 saturated heterocycles. The van der Waals surface area contributed by atoms with Crippen LogP contribution in [0.15, 0.2) is 54.9 Å². The van der Waals surface area contributed by atoms with Crippen molar-refractivity contribution in [2.75, 3.05) is 31.5 Å². The van der Waals surface area contributed by atoms with Gasteiger partial charge in [-0.25, -0.2) is 0 Å². The summed E-state index contributed by atoms with van der Waals surface area (Å²) in [5.74, 6) is 1.13. The van der Waals surface area contributed by atoms with Crippen LogP contribution in [0.4, 0.5) is 11.5 Å². The van der Waals surface area contributed by atoms with Crippen molar-refractivity contribution in [3.8, 4) is 17.0 Å². The van der Waals surface area contributed by atoms with Crippen LogP contribution in [0.1, 0.15) is 36.7 Å². The summed E-state index contributed by atoms with van der Waals surface area (Å²) in [5.41, 5.74) is 3.98. The van der Waals surface area contributed by atoms with Crippen LogP contribution in [0, 0.1) is 0 Å². The van der Waals surface area contributed by atoms with Crippen molar-refractivity contribution >= 4 is 23.2 Å². The predicted molar refractivity (Wildman–Crippen MR) is 137 cm³/mol. The lowest BCUT2D eigenvalue weighted by Gasteiger charge is -2.18. The van der Waals surface area contributed by atoms with Gasteiger partial charge >= 0.3 is 0 Å². The van der Waals surface area contributed by atoms with Gasteiger partial charge in [0.25, 0.3) is 11.7 Å². The van der Waals surface area contributed by atoms with Gasteiger partial charge in [0.05, 0.1) is 5.69 Å². The lowest BCUT2D eigenvalue weighted by molar-refractivity contribution is 0.0949. The number of nitrogens with one attached hydrogen (secondary N) is 2. The third-order valence-electron chi connectivity index (χ3n) is 5.96. The number of amides is 1. The SMILES string of the molecule is CCc1cc(O)cc(-c2cc(Nc3ccc(C(=O)NCCN(CC)CC)cc3)nc3ncnn23)c1. The molecule has 2 heterocycles. The van der Waals surface area contributed by atoms with E-state index in [-0.39, 0.29) is 11.7 Å². The molecular weight excluding hydrogens is 442 g/mol. The van der Waals surface area contributed by atoms with E-state index < -0.39 is 0 Å². The summed E-state index contributed by atoms with van der Waals surface area (Å²) in [6, 6.07) is 14.6. The fourth-order valence-electron chi connectivity index (χ4n) is 3.93. The van der Waals surface area contributed by atoms with Crippen molar-refractivity contribution < 1.29 is 9.90 Å². The molecule has 2 aromatic carbocycles. The first kappa shape index (κ1) is 24.2. The molecule has 35 heavy (non-hydrogen) atoms. The molecule has 0 saturated carbocycles. The quantitative estimate of drug-likeness (QED) is 0.321. The molecule has 0 atom stereocenters. The Balaban J connectivity index is 1.51. The predicted octanol–water partition coefficient (Wildman–Crippen LogP) is 3.87. The van der Waals surface area contributed by atoms with Crippen molar-refractivity contribution in [2.45, 2.75) is 27.2 Å². The maximum atomic E-state index is 12.5. The van der Waals surface area contributed by atoms with Gasteiger partial charge in [-0.1, -0.05) is 20.8 Å². The Morgan fingerprint density at radius 2 is 1.83 bits per heavy atom. The topological polar surface area (TPSA) is 108 Å². The van der Waals surface area contributed by atoms with E-state index in [1.807, 2.05) is 31.2 Å². The van der Waals surface area contributed by atoms with Crippen LogP contribution in [0.2, 0.25) is 0 Å². The molecule has 182 valence electrons. The van der Waals surface area contributed by atoms with E-state index in [0.29, 0.717) is 23.7 Å². The summed E-state index contributed by atoms with van der Waals surface area (Å²) >= 11 is 0. The maximum absolute atomic E-state index is 12.5. The zero-order valence-corrected chi connectivity index (χ0v) is 20.3. The monoisotopic (exact) mass is 473 g/mol. The highest BCUT2D eigenvalue weighted by atomic mass is 16.3. The minimum absolute atomic E-state index is 0.0930. The Morgan fingerprint density at radius 3 is 2.54 bits per heavy atom. The van der Waals surface area contributed by atoms with Crippen LogP contribution < -0.4 is 10.6 Å². The molecule has 0 fully saturated rings. The summed E-state index contributed by atoms with van der Waals surface area (Å²) in [6.07, 6.45) is 2.25. The lowest BCUT2D eigenvalue weighted by atomic mass is 10.1. The first-order valence-corrected chi connectivity index (χ1v) is 11.9. The summed E-state index contributed by atoms with van der Waals surface area (Å²) in [7, 11) is 0. The molecule has 4 rings (SSSR count). The third kappa shape index (κ3) is 5.75. The fourth-order valence-corrected chi connectivity index (χ4v) is 3.93. The number of aryl methyl sites for hydroxylation is 1. The van der Waals surface area contributed by atoms with Crippen LogP contribution in [0.3, 0.4) is 0 Å². The number of rotatable bonds is 10. The number of hydrogen-bond donors (Lipinski definition) is 3. The molecule has 3 N–H and O–H groups in total. The van der Waals surface area contributed by atoms with Crippen molar-refractivity contribution in [1.82, 2.24) is 29.8 Å². The number of likely N-dealkylation sites (N-methyl/N-ethyl adjacent to an activating group) is 1. The molecule has 4 aromatic rings. The van der Waals surface area contributed by atoms with Crippen LogP contribution in [0.5, 0.6) is 5.75 Å². The van der Waals surface area contributed by atoms with Gasteiger partial charge in [-0.2, -0.15) is 19.6 Å². The molecule has 9 nitrogen and oxygen atoms in total. The van der Waals surface area contributed by atoms with Crippen molar-refractivity contribution in [3.05, 3.63) is 66.0 Å². The van der Waals surface area contributed by atoms with Gasteiger partial charge in [0.15, 0.2) is 0 Å². The minimum atomic E-state index is -0.0930. The summed E-state index contributed by atoms with van der Waals surface area (Å²) in [6.45, 7) is 9.64. The zero-order chi connectivity index (χ0) is 24.8. The number of aromatic hydroxyl groups is 1. The van der Waals surface area contributed by atoms with Crippen LogP contribution >= 0.6 is 0 Å². The number of aromatic nitrogens is 4. The van der Waals surface area contributed by atoms with E-state index in [0.717, 1.165) is 48.6 Å². The zero-order valence-electron chi connectivity index (χ0n) is 20.3. The molecule has 1 amide bonds. The average molecular weight is 474 g/mol. The van der Waals surface area contributed by atoms with E-state index >= 15 is 0 Å². The summed E-state index contributed by atoms with van der Waals surface area (Å²) in [5, 5.41) is 20.7. The number of anilines is 2. The first-order chi connectivity index (χ1) is 17.0. The largest absolute Gasteiger partial charge is 0.508 e. The minimum Gasteiger partial charge on any atom is -0.508 e. The highest BCUT2D eigenvalue weighted by Gasteiger charge is 2.12. The molecule has 9 heteroatoms. The van der Waals surface area contributed by atoms with Gasteiger partial charge in [-0.05, 0) is 67.5 Å². The number of benzene rings is 2. The Morgan fingerprint density at radius 1 is 1.06 bits per heavy atom. The van der Waals surface area contributed by atoms with Crippen molar-refractivity contribution in [2.24, 2.45) is 0 Å². The smallest absolute Gasteiger partial charge is 0.254 e. The lowest BCUT2D eigenvalue weighted by Crippen LogP contribution is -2.34. The van der Waals surface area contributed by atoms with Crippen LogP contribution in [-0.4, -0.2) is 61.7 Å². The van der Waals surface area contributed by atoms with Gasteiger partial charge < -0.3 is 20.6 Å². The number of phenolic OH excluding ortho intramolecular Hbond substituents is 1. The van der Waals surface area contributed by atoms with E-state index in [1.54, 1.807) is 28.8 Å². The van der Waals surface area contributed by atoms with Crippen molar-refractivity contribution in [1.29, 1.82) is 0 Å². The van der Waals surface area contributed by atoms with Crippen LogP contribution in [0.25, 0.3) is 17.0 Å². The number of nitrogens with zero attached hydrogens (tertiary/aromatic N) is 5. The van der Waals surface area contributed by atoms with E-state index in [2.05, 4.69) is 44.4 Å². The second-order valence-electron chi connectivity index (χ2n) is 8.23. The molecule has 0 spiro atoms. The van der Waals surface area contributed by atoms with Gasteiger partial charge in [0.2, 0.25) is 0 Å². The van der Waals surface area contributed by atoms with E-state index in [4.69, 9.17) is 0 Å². The molecule has 0 aliphatic carbocycles. The summed E-state index contributed by atoms with van der Waals surface area (Å²) in [4.78, 5) is 23.5. The number of hydrogen-bond acceptors (Lipinski definition) is 7. The Hall–Kier alpha value is -3.98.